The highest BCUT2D eigenvalue weighted by atomic mass is 16.5. The van der Waals surface area contributed by atoms with Crippen LogP contribution in [0, 0.1) is 0 Å². The molecular formula is C31H35N7O3. The van der Waals surface area contributed by atoms with Crippen LogP contribution >= 0.6 is 0 Å². The monoisotopic (exact) mass is 553 g/mol. The SMILES string of the molecule is CNC(=O)c1cc(Oc2ccc(NC(=O)Nc3cn(C(C)(C)C)nc3-c3ccc4c(c3)CN(C)CC4)cc2)ccn1. The predicted molar refractivity (Wildman–Crippen MR) is 159 cm³/mol. The number of amides is 3. The van der Waals surface area contributed by atoms with E-state index < -0.39 is 0 Å². The number of benzene rings is 2. The lowest BCUT2D eigenvalue weighted by molar-refractivity contribution is 0.0957. The van der Waals surface area contributed by atoms with Crippen molar-refractivity contribution < 1.29 is 14.3 Å². The predicted octanol–water partition coefficient (Wildman–Crippen LogP) is 5.48. The van der Waals surface area contributed by atoms with Crippen LogP contribution in [0.25, 0.3) is 11.3 Å². The van der Waals surface area contributed by atoms with Gasteiger partial charge in [0.2, 0.25) is 0 Å². The molecular weight excluding hydrogens is 518 g/mol. The zero-order chi connectivity index (χ0) is 29.1. The van der Waals surface area contributed by atoms with E-state index in [1.165, 1.54) is 17.3 Å². The van der Waals surface area contributed by atoms with Crippen LogP contribution in [0.5, 0.6) is 11.5 Å². The molecule has 0 saturated carbocycles. The van der Waals surface area contributed by atoms with Crippen LogP contribution in [0.4, 0.5) is 16.2 Å². The molecule has 0 radical (unpaired) electrons. The van der Waals surface area contributed by atoms with E-state index in [0.717, 1.165) is 30.8 Å². The van der Waals surface area contributed by atoms with Gasteiger partial charge in [-0.3, -0.25) is 14.5 Å². The van der Waals surface area contributed by atoms with Crippen molar-refractivity contribution in [1.29, 1.82) is 0 Å². The van der Waals surface area contributed by atoms with Crippen LogP contribution in [0.15, 0.2) is 67.0 Å². The molecule has 4 aromatic rings. The zero-order valence-corrected chi connectivity index (χ0v) is 24.0. The molecule has 212 valence electrons. The van der Waals surface area contributed by atoms with E-state index in [-0.39, 0.29) is 23.2 Å². The summed E-state index contributed by atoms with van der Waals surface area (Å²) in [5.74, 6) is 0.738. The lowest BCUT2D eigenvalue weighted by Crippen LogP contribution is -2.26. The molecule has 2 aromatic heterocycles. The average molecular weight is 554 g/mol. The molecule has 3 amide bonds. The van der Waals surface area contributed by atoms with E-state index in [1.54, 1.807) is 43.4 Å². The largest absolute Gasteiger partial charge is 0.457 e. The number of anilines is 2. The molecule has 0 saturated heterocycles. The summed E-state index contributed by atoms with van der Waals surface area (Å²) in [7, 11) is 3.67. The Morgan fingerprint density at radius 2 is 1.73 bits per heavy atom. The average Bonchev–Trinajstić information content (AvgIpc) is 3.37. The van der Waals surface area contributed by atoms with Gasteiger partial charge >= 0.3 is 6.03 Å². The van der Waals surface area contributed by atoms with Gasteiger partial charge in [0.15, 0.2) is 0 Å². The maximum Gasteiger partial charge on any atom is 0.323 e. The molecule has 10 nitrogen and oxygen atoms in total. The number of hydrogen-bond acceptors (Lipinski definition) is 6. The molecule has 0 atom stereocenters. The Kier molecular flexibility index (Phi) is 7.76. The van der Waals surface area contributed by atoms with E-state index in [4.69, 9.17) is 9.84 Å². The summed E-state index contributed by atoms with van der Waals surface area (Å²) < 4.78 is 7.73. The number of nitrogens with zero attached hydrogens (tertiary/aromatic N) is 4. The second-order valence-corrected chi connectivity index (χ2v) is 11.1. The highest BCUT2D eigenvalue weighted by Gasteiger charge is 2.22. The van der Waals surface area contributed by atoms with Crippen LogP contribution in [0.2, 0.25) is 0 Å². The molecule has 0 unspecified atom stereocenters. The van der Waals surface area contributed by atoms with Crippen molar-refractivity contribution in [2.24, 2.45) is 0 Å². The summed E-state index contributed by atoms with van der Waals surface area (Å²) in [5, 5.41) is 13.3. The number of rotatable bonds is 6. The second kappa shape index (κ2) is 11.4. The van der Waals surface area contributed by atoms with Gasteiger partial charge in [-0.2, -0.15) is 5.10 Å². The minimum atomic E-state index is -0.379. The molecule has 0 aliphatic carbocycles. The smallest absolute Gasteiger partial charge is 0.323 e. The van der Waals surface area contributed by atoms with Crippen molar-refractivity contribution in [3.63, 3.8) is 0 Å². The molecule has 41 heavy (non-hydrogen) atoms. The number of likely N-dealkylation sites (N-methyl/N-ethyl adjacent to an activating group) is 1. The maximum atomic E-state index is 13.1. The van der Waals surface area contributed by atoms with Crippen molar-refractivity contribution >= 4 is 23.3 Å². The zero-order valence-electron chi connectivity index (χ0n) is 24.0. The van der Waals surface area contributed by atoms with Gasteiger partial charge in [-0.15, -0.1) is 0 Å². The fourth-order valence-corrected chi connectivity index (χ4v) is 4.62. The summed E-state index contributed by atoms with van der Waals surface area (Å²) in [6, 6.07) is 16.3. The van der Waals surface area contributed by atoms with Crippen LogP contribution in [-0.2, 0) is 18.5 Å². The van der Waals surface area contributed by atoms with Crippen LogP contribution in [-0.4, -0.2) is 52.2 Å². The van der Waals surface area contributed by atoms with E-state index in [0.29, 0.717) is 22.9 Å². The molecule has 1 aliphatic rings. The van der Waals surface area contributed by atoms with Crippen LogP contribution in [0.3, 0.4) is 0 Å². The second-order valence-electron chi connectivity index (χ2n) is 11.1. The third kappa shape index (κ3) is 6.55. The van der Waals surface area contributed by atoms with E-state index in [2.05, 4.69) is 71.9 Å². The summed E-state index contributed by atoms with van der Waals surface area (Å²) in [6.07, 6.45) is 4.41. The third-order valence-corrected chi connectivity index (χ3v) is 6.87. The van der Waals surface area contributed by atoms with Gasteiger partial charge < -0.3 is 25.6 Å². The van der Waals surface area contributed by atoms with Gasteiger partial charge in [0.1, 0.15) is 22.9 Å². The van der Waals surface area contributed by atoms with Gasteiger partial charge in [-0.05, 0) is 81.8 Å². The van der Waals surface area contributed by atoms with Crippen molar-refractivity contribution in [2.75, 3.05) is 31.3 Å². The topological polar surface area (TPSA) is 113 Å². The maximum absolute atomic E-state index is 13.1. The Morgan fingerprint density at radius 3 is 2.46 bits per heavy atom. The van der Waals surface area contributed by atoms with Crippen LogP contribution < -0.4 is 20.7 Å². The minimum absolute atomic E-state index is 0.259. The first-order chi connectivity index (χ1) is 19.6. The number of urea groups is 1. The van der Waals surface area contributed by atoms with E-state index in [9.17, 15) is 9.59 Å². The Hall–Kier alpha value is -4.70. The fraction of sp³-hybridized carbons (Fsp3) is 0.290. The number of pyridine rings is 1. The van der Waals surface area contributed by atoms with E-state index >= 15 is 0 Å². The number of fused-ring (bicyclic) bond motifs is 1. The molecule has 3 heterocycles. The summed E-state index contributed by atoms with van der Waals surface area (Å²) in [4.78, 5) is 31.2. The van der Waals surface area contributed by atoms with Gasteiger partial charge in [0.05, 0.1) is 11.2 Å². The Labute approximate surface area is 239 Å². The molecule has 0 fully saturated rings. The molecule has 0 spiro atoms. The number of nitrogens with one attached hydrogen (secondary N) is 3. The number of ether oxygens (including phenoxy) is 1. The first-order valence-electron chi connectivity index (χ1n) is 13.5. The first-order valence-corrected chi connectivity index (χ1v) is 13.5. The number of carbonyl (C=O) groups excluding carboxylic acids is 2. The van der Waals surface area contributed by atoms with Crippen molar-refractivity contribution in [2.45, 2.75) is 39.3 Å². The number of aromatic nitrogens is 3. The minimum Gasteiger partial charge on any atom is -0.457 e. The van der Waals surface area contributed by atoms with Crippen molar-refractivity contribution in [1.82, 2.24) is 25.0 Å². The quantitative estimate of drug-likeness (QED) is 0.291. The first kappa shape index (κ1) is 27.9. The molecule has 3 N–H and O–H groups in total. The fourth-order valence-electron chi connectivity index (χ4n) is 4.62. The Bertz CT molecular complexity index is 1570. The van der Waals surface area contributed by atoms with Crippen LogP contribution in [0.1, 0.15) is 42.4 Å². The van der Waals surface area contributed by atoms with Gasteiger partial charge in [0.25, 0.3) is 5.91 Å². The lowest BCUT2D eigenvalue weighted by Gasteiger charge is -2.25. The lowest BCUT2D eigenvalue weighted by atomic mass is 9.96. The van der Waals surface area contributed by atoms with Gasteiger partial charge in [-0.25, -0.2) is 4.79 Å². The summed E-state index contributed by atoms with van der Waals surface area (Å²) >= 11 is 0. The molecule has 0 bridgehead atoms. The number of carbonyl (C=O) groups is 2. The number of hydrogen-bond donors (Lipinski definition) is 3. The highest BCUT2D eigenvalue weighted by Crippen LogP contribution is 2.32. The van der Waals surface area contributed by atoms with Crippen molar-refractivity contribution in [3.05, 3.63) is 83.8 Å². The normalized spacial score (nSPS) is 13.3. The Morgan fingerprint density at radius 1 is 0.951 bits per heavy atom. The van der Waals surface area contributed by atoms with E-state index in [1.807, 2.05) is 10.9 Å². The molecule has 1 aliphatic heterocycles. The molecule has 5 rings (SSSR count). The molecule has 2 aromatic carbocycles. The summed E-state index contributed by atoms with van der Waals surface area (Å²) in [6.45, 7) is 8.16. The Balaban J connectivity index is 1.30. The van der Waals surface area contributed by atoms with Gasteiger partial charge in [-0.1, -0.05) is 12.1 Å². The summed E-state index contributed by atoms with van der Waals surface area (Å²) in [5.41, 5.74) is 5.57. The van der Waals surface area contributed by atoms with Crippen molar-refractivity contribution in [3.8, 4) is 22.8 Å². The standard InChI is InChI=1S/C31H35N7O3/c1-31(2,3)38-19-27(28(36-38)21-7-6-20-13-15-37(5)18-22(20)16-21)35-30(40)34-23-8-10-24(11-9-23)41-25-12-14-33-26(17-25)29(39)32-4/h6-12,14,16-17,19H,13,15,18H2,1-5H3,(H,32,39)(H2,34,35,40). The van der Waals surface area contributed by atoms with Gasteiger partial charge in [0, 0.05) is 49.8 Å². The third-order valence-electron chi connectivity index (χ3n) is 6.87. The highest BCUT2D eigenvalue weighted by molar-refractivity contribution is 6.02. The molecule has 10 heteroatoms.